The zero-order valence-electron chi connectivity index (χ0n) is 11.0. The summed E-state index contributed by atoms with van der Waals surface area (Å²) in [7, 11) is 1.62. The summed E-state index contributed by atoms with van der Waals surface area (Å²) >= 11 is 0. The molecule has 2 rings (SSSR count). The van der Waals surface area contributed by atoms with Crippen molar-refractivity contribution >= 4 is 5.69 Å². The van der Waals surface area contributed by atoms with Crippen LogP contribution in [0.4, 0.5) is 5.69 Å². The third kappa shape index (κ3) is 3.55. The van der Waals surface area contributed by atoms with Gasteiger partial charge >= 0.3 is 0 Å². The van der Waals surface area contributed by atoms with Crippen LogP contribution in [0.3, 0.4) is 0 Å². The normalized spacial score (nSPS) is 11.7. The molecule has 2 aromatic rings. The van der Waals surface area contributed by atoms with Gasteiger partial charge in [-0.2, -0.15) is 0 Å². The average Bonchev–Trinajstić information content (AvgIpc) is 2.42. The number of para-hydroxylation sites is 2. The van der Waals surface area contributed by atoms with Crippen LogP contribution in [0.5, 0.6) is 17.2 Å². The van der Waals surface area contributed by atoms with E-state index < -0.39 is 6.29 Å². The minimum absolute atomic E-state index is 0.432. The molecule has 100 valence electrons. The first kappa shape index (κ1) is 13.1. The van der Waals surface area contributed by atoms with Crippen molar-refractivity contribution in [2.24, 2.45) is 0 Å². The van der Waals surface area contributed by atoms with Crippen LogP contribution in [-0.2, 0) is 0 Å². The summed E-state index contributed by atoms with van der Waals surface area (Å²) in [5, 5.41) is 0. The van der Waals surface area contributed by atoms with Gasteiger partial charge in [0.25, 0.3) is 0 Å². The van der Waals surface area contributed by atoms with E-state index in [0.29, 0.717) is 17.2 Å². The van der Waals surface area contributed by atoms with Crippen molar-refractivity contribution in [3.8, 4) is 17.2 Å². The molecule has 1 unspecified atom stereocenters. The molecule has 4 nitrogen and oxygen atoms in total. The van der Waals surface area contributed by atoms with Gasteiger partial charge in [-0.1, -0.05) is 12.1 Å². The molecule has 0 heterocycles. The van der Waals surface area contributed by atoms with E-state index in [1.807, 2.05) is 49.4 Å². The molecule has 0 amide bonds. The number of hydrogen-bond acceptors (Lipinski definition) is 4. The van der Waals surface area contributed by atoms with Gasteiger partial charge < -0.3 is 19.9 Å². The van der Waals surface area contributed by atoms with E-state index in [9.17, 15) is 0 Å². The summed E-state index contributed by atoms with van der Waals surface area (Å²) < 4.78 is 16.3. The summed E-state index contributed by atoms with van der Waals surface area (Å²) in [6.45, 7) is 1.82. The average molecular weight is 259 g/mol. The van der Waals surface area contributed by atoms with Crippen LogP contribution < -0.4 is 19.9 Å². The second-order valence-electron chi connectivity index (χ2n) is 4.02. The summed E-state index contributed by atoms with van der Waals surface area (Å²) in [6.07, 6.45) is -0.432. The molecule has 0 aliphatic heterocycles. The van der Waals surface area contributed by atoms with E-state index in [-0.39, 0.29) is 0 Å². The highest BCUT2D eigenvalue weighted by molar-refractivity contribution is 5.51. The lowest BCUT2D eigenvalue weighted by molar-refractivity contribution is 0.0229. The van der Waals surface area contributed by atoms with Crippen molar-refractivity contribution in [2.45, 2.75) is 13.2 Å². The van der Waals surface area contributed by atoms with Gasteiger partial charge in [0.15, 0.2) is 0 Å². The summed E-state index contributed by atoms with van der Waals surface area (Å²) in [5.74, 6) is 2.11. The number of ether oxygens (including phenoxy) is 3. The molecule has 2 N–H and O–H groups in total. The number of anilines is 1. The number of hydrogen-bond donors (Lipinski definition) is 1. The van der Waals surface area contributed by atoms with Gasteiger partial charge in [0.05, 0.1) is 12.8 Å². The van der Waals surface area contributed by atoms with Gasteiger partial charge in [-0.15, -0.1) is 0 Å². The van der Waals surface area contributed by atoms with Gasteiger partial charge in [0, 0.05) is 6.92 Å². The fourth-order valence-electron chi connectivity index (χ4n) is 1.64. The molecule has 0 fully saturated rings. The fourth-order valence-corrected chi connectivity index (χ4v) is 1.64. The minimum atomic E-state index is -0.432. The van der Waals surface area contributed by atoms with Crippen molar-refractivity contribution in [1.29, 1.82) is 0 Å². The Hall–Kier alpha value is -2.36. The Morgan fingerprint density at radius 1 is 0.895 bits per heavy atom. The Kier molecular flexibility index (Phi) is 4.13. The van der Waals surface area contributed by atoms with Crippen LogP contribution >= 0.6 is 0 Å². The third-order valence-electron chi connectivity index (χ3n) is 2.57. The molecule has 0 spiro atoms. The van der Waals surface area contributed by atoms with E-state index in [2.05, 4.69) is 0 Å². The van der Waals surface area contributed by atoms with E-state index in [1.54, 1.807) is 13.2 Å². The smallest absolute Gasteiger partial charge is 0.238 e. The lowest BCUT2D eigenvalue weighted by atomic mass is 10.3. The Morgan fingerprint density at radius 3 is 2.16 bits per heavy atom. The largest absolute Gasteiger partial charge is 0.497 e. The Balaban J connectivity index is 1.97. The highest BCUT2D eigenvalue weighted by atomic mass is 16.7. The Labute approximate surface area is 112 Å². The van der Waals surface area contributed by atoms with Crippen molar-refractivity contribution in [3.63, 3.8) is 0 Å². The summed E-state index contributed by atoms with van der Waals surface area (Å²) in [6, 6.07) is 14.6. The maximum absolute atomic E-state index is 5.80. The lowest BCUT2D eigenvalue weighted by Gasteiger charge is -2.17. The highest BCUT2D eigenvalue weighted by Crippen LogP contribution is 2.23. The van der Waals surface area contributed by atoms with E-state index in [4.69, 9.17) is 19.9 Å². The maximum atomic E-state index is 5.80. The number of rotatable bonds is 5. The molecular formula is C15H17NO3. The van der Waals surface area contributed by atoms with E-state index in [0.717, 1.165) is 5.75 Å². The molecule has 2 aromatic carbocycles. The molecule has 0 aromatic heterocycles. The predicted octanol–water partition coefficient (Wildman–Crippen LogP) is 3.08. The molecule has 0 saturated heterocycles. The number of benzene rings is 2. The molecule has 0 bridgehead atoms. The van der Waals surface area contributed by atoms with Crippen LogP contribution in [0.2, 0.25) is 0 Å². The molecule has 19 heavy (non-hydrogen) atoms. The van der Waals surface area contributed by atoms with Crippen LogP contribution in [0.15, 0.2) is 48.5 Å². The first-order valence-corrected chi connectivity index (χ1v) is 6.01. The van der Waals surface area contributed by atoms with Gasteiger partial charge in [0.1, 0.15) is 17.2 Å². The predicted molar refractivity (Wildman–Crippen MR) is 74.6 cm³/mol. The van der Waals surface area contributed by atoms with Gasteiger partial charge in [-0.3, -0.25) is 0 Å². The summed E-state index contributed by atoms with van der Waals surface area (Å²) in [4.78, 5) is 0. The molecule has 0 aliphatic carbocycles. The summed E-state index contributed by atoms with van der Waals surface area (Å²) in [5.41, 5.74) is 6.39. The number of nitrogens with two attached hydrogens (primary N) is 1. The second kappa shape index (κ2) is 6.00. The first-order chi connectivity index (χ1) is 9.19. The standard InChI is InChI=1S/C15H17NO3/c1-11(19-15-6-4-3-5-14(15)16)18-13-9-7-12(17-2)8-10-13/h3-11H,16H2,1-2H3. The van der Waals surface area contributed by atoms with Crippen molar-refractivity contribution < 1.29 is 14.2 Å². The van der Waals surface area contributed by atoms with Crippen LogP contribution in [0.1, 0.15) is 6.92 Å². The molecular weight excluding hydrogens is 242 g/mol. The van der Waals surface area contributed by atoms with Crippen molar-refractivity contribution in [2.75, 3.05) is 12.8 Å². The van der Waals surface area contributed by atoms with Crippen LogP contribution in [-0.4, -0.2) is 13.4 Å². The number of nitrogen functional groups attached to an aromatic ring is 1. The first-order valence-electron chi connectivity index (χ1n) is 6.01. The molecule has 1 atom stereocenters. The fraction of sp³-hybridized carbons (Fsp3) is 0.200. The Morgan fingerprint density at radius 2 is 1.53 bits per heavy atom. The quantitative estimate of drug-likeness (QED) is 0.662. The lowest BCUT2D eigenvalue weighted by Crippen LogP contribution is -2.20. The molecule has 0 aliphatic rings. The maximum Gasteiger partial charge on any atom is 0.238 e. The topological polar surface area (TPSA) is 53.7 Å². The van der Waals surface area contributed by atoms with Gasteiger partial charge in [-0.05, 0) is 36.4 Å². The van der Waals surface area contributed by atoms with Crippen molar-refractivity contribution in [1.82, 2.24) is 0 Å². The Bertz CT molecular complexity index is 525. The third-order valence-corrected chi connectivity index (χ3v) is 2.57. The van der Waals surface area contributed by atoms with Crippen molar-refractivity contribution in [3.05, 3.63) is 48.5 Å². The van der Waals surface area contributed by atoms with E-state index in [1.165, 1.54) is 0 Å². The van der Waals surface area contributed by atoms with Gasteiger partial charge in [-0.25, -0.2) is 0 Å². The molecule has 0 radical (unpaired) electrons. The zero-order valence-corrected chi connectivity index (χ0v) is 11.0. The van der Waals surface area contributed by atoms with E-state index >= 15 is 0 Å². The molecule has 4 heteroatoms. The molecule has 0 saturated carbocycles. The van der Waals surface area contributed by atoms with Crippen LogP contribution in [0.25, 0.3) is 0 Å². The monoisotopic (exact) mass is 259 g/mol. The number of methoxy groups -OCH3 is 1. The SMILES string of the molecule is COc1ccc(OC(C)Oc2ccccc2N)cc1. The zero-order chi connectivity index (χ0) is 13.7. The highest BCUT2D eigenvalue weighted by Gasteiger charge is 2.07. The second-order valence-corrected chi connectivity index (χ2v) is 4.02. The van der Waals surface area contributed by atoms with Gasteiger partial charge in [0.2, 0.25) is 6.29 Å². The van der Waals surface area contributed by atoms with Crippen LogP contribution in [0, 0.1) is 0 Å². The minimum Gasteiger partial charge on any atom is -0.497 e.